The van der Waals surface area contributed by atoms with Crippen molar-refractivity contribution in [3.05, 3.63) is 53.6 Å². The highest BCUT2D eigenvalue weighted by Gasteiger charge is 2.16. The van der Waals surface area contributed by atoms with Crippen LogP contribution in [-0.4, -0.2) is 28.6 Å². The summed E-state index contributed by atoms with van der Waals surface area (Å²) in [5.74, 6) is 0.677. The van der Waals surface area contributed by atoms with Crippen LogP contribution >= 0.6 is 0 Å². The molecule has 2 aromatic carbocycles. The van der Waals surface area contributed by atoms with Gasteiger partial charge >= 0.3 is 0 Å². The first-order valence-corrected chi connectivity index (χ1v) is 9.96. The third-order valence-electron chi connectivity index (χ3n) is 4.55. The van der Waals surface area contributed by atoms with Crippen LogP contribution in [0.25, 0.3) is 0 Å². The largest absolute Gasteiger partial charge is 0.496 e. The minimum Gasteiger partial charge on any atom is -0.496 e. The van der Waals surface area contributed by atoms with Crippen molar-refractivity contribution in [1.82, 2.24) is 4.72 Å². The molecule has 0 aromatic heterocycles. The van der Waals surface area contributed by atoms with E-state index in [4.69, 9.17) is 4.74 Å². The number of methoxy groups -OCH3 is 1. The molecular formula is C19H24N2O3S. The number of benzene rings is 2. The first-order chi connectivity index (χ1) is 12.0. The Morgan fingerprint density at radius 1 is 1.08 bits per heavy atom. The number of anilines is 1. The second-order valence-corrected chi connectivity index (χ2v) is 8.08. The zero-order chi connectivity index (χ0) is 17.9. The lowest BCUT2D eigenvalue weighted by Gasteiger charge is -2.17. The van der Waals surface area contributed by atoms with Crippen LogP contribution in [0.2, 0.25) is 0 Å². The van der Waals surface area contributed by atoms with E-state index in [0.29, 0.717) is 5.75 Å². The maximum Gasteiger partial charge on any atom is 0.240 e. The molecule has 6 heteroatoms. The standard InChI is InChI=1S/C19H24N2O3S/c1-15-13-18(9-10-19(15)24-2)25(22,23)20-14-16-5-7-17(8-6-16)21-11-3-4-12-21/h5-10,13,20H,3-4,11-12,14H2,1-2H3. The summed E-state index contributed by atoms with van der Waals surface area (Å²) in [5, 5.41) is 0. The summed E-state index contributed by atoms with van der Waals surface area (Å²) in [5.41, 5.74) is 2.94. The number of nitrogens with one attached hydrogen (secondary N) is 1. The Labute approximate surface area is 149 Å². The number of sulfonamides is 1. The van der Waals surface area contributed by atoms with E-state index in [1.54, 1.807) is 25.3 Å². The maximum atomic E-state index is 12.5. The van der Waals surface area contributed by atoms with Gasteiger partial charge in [-0.15, -0.1) is 0 Å². The molecule has 0 unspecified atom stereocenters. The van der Waals surface area contributed by atoms with E-state index in [-0.39, 0.29) is 11.4 Å². The Bertz CT molecular complexity index is 826. The van der Waals surface area contributed by atoms with Crippen LogP contribution in [-0.2, 0) is 16.6 Å². The lowest BCUT2D eigenvalue weighted by Crippen LogP contribution is -2.23. The van der Waals surface area contributed by atoms with Gasteiger partial charge in [0.25, 0.3) is 0 Å². The molecule has 134 valence electrons. The molecule has 2 aromatic rings. The lowest BCUT2D eigenvalue weighted by atomic mass is 10.2. The van der Waals surface area contributed by atoms with Gasteiger partial charge in [-0.1, -0.05) is 12.1 Å². The van der Waals surface area contributed by atoms with Gasteiger partial charge in [-0.3, -0.25) is 0 Å². The topological polar surface area (TPSA) is 58.6 Å². The Morgan fingerprint density at radius 2 is 1.76 bits per heavy atom. The van der Waals surface area contributed by atoms with E-state index in [1.165, 1.54) is 18.5 Å². The van der Waals surface area contributed by atoms with Gasteiger partial charge in [0.1, 0.15) is 5.75 Å². The summed E-state index contributed by atoms with van der Waals surface area (Å²) in [7, 11) is -1.98. The van der Waals surface area contributed by atoms with Crippen LogP contribution in [0.1, 0.15) is 24.0 Å². The van der Waals surface area contributed by atoms with Gasteiger partial charge in [-0.25, -0.2) is 13.1 Å². The summed E-state index contributed by atoms with van der Waals surface area (Å²) in [6.07, 6.45) is 2.48. The van der Waals surface area contributed by atoms with Crippen LogP contribution in [0.4, 0.5) is 5.69 Å². The Balaban J connectivity index is 1.66. The van der Waals surface area contributed by atoms with Crippen molar-refractivity contribution in [3.8, 4) is 5.75 Å². The van der Waals surface area contributed by atoms with Crippen LogP contribution < -0.4 is 14.4 Å². The van der Waals surface area contributed by atoms with E-state index >= 15 is 0 Å². The number of aryl methyl sites for hydroxylation is 1. The summed E-state index contributed by atoms with van der Waals surface area (Å²) in [6, 6.07) is 12.9. The van der Waals surface area contributed by atoms with Crippen LogP contribution in [0.3, 0.4) is 0 Å². The van der Waals surface area contributed by atoms with E-state index in [0.717, 1.165) is 24.2 Å². The molecule has 3 rings (SSSR count). The van der Waals surface area contributed by atoms with Crippen molar-refractivity contribution in [3.63, 3.8) is 0 Å². The number of hydrogen-bond donors (Lipinski definition) is 1. The van der Waals surface area contributed by atoms with Crippen molar-refractivity contribution in [1.29, 1.82) is 0 Å². The Kier molecular flexibility index (Phi) is 5.30. The molecule has 0 bridgehead atoms. The number of hydrogen-bond acceptors (Lipinski definition) is 4. The zero-order valence-corrected chi connectivity index (χ0v) is 15.5. The molecule has 0 aliphatic carbocycles. The number of nitrogens with zero attached hydrogens (tertiary/aromatic N) is 1. The second kappa shape index (κ2) is 7.45. The fourth-order valence-corrected chi connectivity index (χ4v) is 4.18. The molecule has 1 saturated heterocycles. The summed E-state index contributed by atoms with van der Waals surface area (Å²) < 4.78 is 32.8. The lowest BCUT2D eigenvalue weighted by molar-refractivity contribution is 0.411. The highest BCUT2D eigenvalue weighted by molar-refractivity contribution is 7.89. The predicted molar refractivity (Wildman–Crippen MR) is 99.6 cm³/mol. The highest BCUT2D eigenvalue weighted by Crippen LogP contribution is 2.22. The molecule has 0 amide bonds. The monoisotopic (exact) mass is 360 g/mol. The molecule has 0 saturated carbocycles. The Hall–Kier alpha value is -2.05. The van der Waals surface area contributed by atoms with Gasteiger partial charge < -0.3 is 9.64 Å². The van der Waals surface area contributed by atoms with Gasteiger partial charge in [0, 0.05) is 25.3 Å². The molecule has 1 heterocycles. The Morgan fingerprint density at radius 3 is 2.36 bits per heavy atom. The molecule has 0 spiro atoms. The van der Waals surface area contributed by atoms with Gasteiger partial charge in [0.2, 0.25) is 10.0 Å². The molecule has 0 radical (unpaired) electrons. The highest BCUT2D eigenvalue weighted by atomic mass is 32.2. The first kappa shape index (κ1) is 17.8. The van der Waals surface area contributed by atoms with E-state index in [9.17, 15) is 8.42 Å². The van der Waals surface area contributed by atoms with E-state index in [1.807, 2.05) is 19.1 Å². The first-order valence-electron chi connectivity index (χ1n) is 8.48. The molecule has 1 fully saturated rings. The molecular weight excluding hydrogens is 336 g/mol. The van der Waals surface area contributed by atoms with Crippen molar-refractivity contribution in [2.24, 2.45) is 0 Å². The fourth-order valence-electron chi connectivity index (χ4n) is 3.08. The maximum absolute atomic E-state index is 12.5. The fraction of sp³-hybridized carbons (Fsp3) is 0.368. The van der Waals surface area contributed by atoms with E-state index in [2.05, 4.69) is 21.8 Å². The SMILES string of the molecule is COc1ccc(S(=O)(=O)NCc2ccc(N3CCCC3)cc2)cc1C. The molecule has 1 N–H and O–H groups in total. The van der Waals surface area contributed by atoms with Gasteiger partial charge in [0.05, 0.1) is 12.0 Å². The van der Waals surface area contributed by atoms with Crippen molar-refractivity contribution in [2.75, 3.05) is 25.1 Å². The third-order valence-corrected chi connectivity index (χ3v) is 5.95. The number of ether oxygens (including phenoxy) is 1. The van der Waals surface area contributed by atoms with Gasteiger partial charge in [-0.05, 0) is 61.2 Å². The summed E-state index contributed by atoms with van der Waals surface area (Å²) in [4.78, 5) is 2.60. The molecule has 0 atom stereocenters. The van der Waals surface area contributed by atoms with Crippen LogP contribution in [0.5, 0.6) is 5.75 Å². The predicted octanol–water partition coefficient (Wildman–Crippen LogP) is 3.08. The molecule has 1 aliphatic heterocycles. The van der Waals surface area contributed by atoms with Gasteiger partial charge in [-0.2, -0.15) is 0 Å². The smallest absolute Gasteiger partial charge is 0.240 e. The van der Waals surface area contributed by atoms with Crippen molar-refractivity contribution < 1.29 is 13.2 Å². The normalized spacial score (nSPS) is 14.7. The molecule has 1 aliphatic rings. The van der Waals surface area contributed by atoms with Crippen molar-refractivity contribution in [2.45, 2.75) is 31.2 Å². The third kappa shape index (κ3) is 4.14. The van der Waals surface area contributed by atoms with Crippen LogP contribution in [0.15, 0.2) is 47.4 Å². The minimum absolute atomic E-state index is 0.250. The quantitative estimate of drug-likeness (QED) is 0.860. The average molecular weight is 360 g/mol. The van der Waals surface area contributed by atoms with Gasteiger partial charge in [0.15, 0.2) is 0 Å². The summed E-state index contributed by atoms with van der Waals surface area (Å²) in [6.45, 7) is 4.30. The zero-order valence-electron chi connectivity index (χ0n) is 14.7. The second-order valence-electron chi connectivity index (χ2n) is 6.32. The minimum atomic E-state index is -3.55. The van der Waals surface area contributed by atoms with Crippen LogP contribution in [0, 0.1) is 6.92 Å². The average Bonchev–Trinajstić information content (AvgIpc) is 3.15. The summed E-state index contributed by atoms with van der Waals surface area (Å²) >= 11 is 0. The van der Waals surface area contributed by atoms with Crippen molar-refractivity contribution >= 4 is 15.7 Å². The van der Waals surface area contributed by atoms with E-state index < -0.39 is 10.0 Å². The number of rotatable bonds is 6. The molecule has 5 nitrogen and oxygen atoms in total. The molecule has 25 heavy (non-hydrogen) atoms.